The van der Waals surface area contributed by atoms with Crippen LogP contribution in [0.25, 0.3) is 10.4 Å². The number of nitrogens with zero attached hydrogens (tertiary/aromatic N) is 3. The van der Waals surface area contributed by atoms with Gasteiger partial charge in [0.15, 0.2) is 0 Å². The van der Waals surface area contributed by atoms with Crippen molar-refractivity contribution in [1.82, 2.24) is 5.32 Å². The Bertz CT molecular complexity index is 448. The number of hydrogen-bond acceptors (Lipinski definition) is 2. The summed E-state index contributed by atoms with van der Waals surface area (Å²) in [6, 6.07) is 10.6. The van der Waals surface area contributed by atoms with E-state index in [4.69, 9.17) is 5.53 Å². The molecule has 0 spiro atoms. The molecule has 2 atom stereocenters. The Morgan fingerprint density at radius 3 is 2.63 bits per heavy atom. The van der Waals surface area contributed by atoms with E-state index in [9.17, 15) is 0 Å². The normalized spacial score (nSPS) is 23.2. The molecule has 0 aromatic heterocycles. The van der Waals surface area contributed by atoms with Crippen LogP contribution in [0.2, 0.25) is 0 Å². The lowest BCUT2D eigenvalue weighted by Gasteiger charge is -2.25. The van der Waals surface area contributed by atoms with E-state index < -0.39 is 0 Å². The minimum absolute atomic E-state index is 0.0543. The van der Waals surface area contributed by atoms with Gasteiger partial charge in [-0.15, -0.1) is 0 Å². The molecule has 1 N–H and O–H groups in total. The standard InChI is InChI=1S/C15H20N4/c16-19-18-15-11-7-2-1-6-10-14(15)17-12-13-8-4-3-5-9-13/h1-5,8-9,14-15,17H,6-7,10-12H2/t14-,15-/m1/s1. The molecule has 4 nitrogen and oxygen atoms in total. The van der Waals surface area contributed by atoms with Crippen molar-refractivity contribution < 1.29 is 0 Å². The molecule has 1 aromatic carbocycles. The molecule has 0 saturated carbocycles. The molecular formula is C15H20N4. The summed E-state index contributed by atoms with van der Waals surface area (Å²) in [5.74, 6) is 0. The van der Waals surface area contributed by atoms with E-state index in [1.54, 1.807) is 0 Å². The molecule has 1 aromatic rings. The Labute approximate surface area is 114 Å². The SMILES string of the molecule is [N-]=[N+]=N[C@@H]1CCC=CCC[C@H]1NCc1ccccc1. The van der Waals surface area contributed by atoms with Gasteiger partial charge in [-0.1, -0.05) is 47.6 Å². The van der Waals surface area contributed by atoms with Gasteiger partial charge in [-0.3, -0.25) is 0 Å². The van der Waals surface area contributed by atoms with E-state index in [1.807, 2.05) is 18.2 Å². The van der Waals surface area contributed by atoms with E-state index in [2.05, 4.69) is 39.6 Å². The monoisotopic (exact) mass is 256 g/mol. The maximum absolute atomic E-state index is 8.70. The molecule has 19 heavy (non-hydrogen) atoms. The van der Waals surface area contributed by atoms with Gasteiger partial charge in [0.25, 0.3) is 0 Å². The first-order valence-corrected chi connectivity index (χ1v) is 6.86. The van der Waals surface area contributed by atoms with Gasteiger partial charge in [0.1, 0.15) is 0 Å². The van der Waals surface area contributed by atoms with Gasteiger partial charge >= 0.3 is 0 Å². The third kappa shape index (κ3) is 4.43. The van der Waals surface area contributed by atoms with E-state index in [0.29, 0.717) is 0 Å². The van der Waals surface area contributed by atoms with Crippen molar-refractivity contribution in [2.24, 2.45) is 5.11 Å². The van der Waals surface area contributed by atoms with Crippen molar-refractivity contribution in [2.75, 3.05) is 0 Å². The highest BCUT2D eigenvalue weighted by atomic mass is 15.2. The molecule has 1 aliphatic carbocycles. The molecule has 0 amide bonds. The largest absolute Gasteiger partial charge is 0.310 e. The van der Waals surface area contributed by atoms with Crippen molar-refractivity contribution in [3.05, 3.63) is 58.5 Å². The highest BCUT2D eigenvalue weighted by Gasteiger charge is 2.19. The Morgan fingerprint density at radius 2 is 1.89 bits per heavy atom. The van der Waals surface area contributed by atoms with Crippen molar-refractivity contribution in [3.8, 4) is 0 Å². The van der Waals surface area contributed by atoms with Gasteiger partial charge in [0.05, 0.1) is 6.04 Å². The fraction of sp³-hybridized carbons (Fsp3) is 0.467. The molecular weight excluding hydrogens is 236 g/mol. The Kier molecular flexibility index (Phi) is 5.48. The summed E-state index contributed by atoms with van der Waals surface area (Å²) in [6.07, 6.45) is 8.40. The first-order valence-electron chi connectivity index (χ1n) is 6.86. The van der Waals surface area contributed by atoms with Gasteiger partial charge in [-0.05, 0) is 36.8 Å². The zero-order chi connectivity index (χ0) is 13.3. The van der Waals surface area contributed by atoms with Crippen LogP contribution in [0.4, 0.5) is 0 Å². The average molecular weight is 256 g/mol. The molecule has 0 fully saturated rings. The summed E-state index contributed by atoms with van der Waals surface area (Å²) < 4.78 is 0. The number of hydrogen-bond donors (Lipinski definition) is 1. The fourth-order valence-electron chi connectivity index (χ4n) is 2.46. The number of azide groups is 1. The predicted molar refractivity (Wildman–Crippen MR) is 77.6 cm³/mol. The van der Waals surface area contributed by atoms with Crippen molar-refractivity contribution >= 4 is 0 Å². The van der Waals surface area contributed by atoms with Crippen LogP contribution in [-0.2, 0) is 6.54 Å². The van der Waals surface area contributed by atoms with E-state index in [1.165, 1.54) is 5.56 Å². The van der Waals surface area contributed by atoms with Crippen LogP contribution < -0.4 is 5.32 Å². The second kappa shape index (κ2) is 7.62. The van der Waals surface area contributed by atoms with E-state index in [-0.39, 0.29) is 12.1 Å². The van der Waals surface area contributed by atoms with Crippen LogP contribution in [0, 0.1) is 0 Å². The lowest BCUT2D eigenvalue weighted by molar-refractivity contribution is 0.386. The summed E-state index contributed by atoms with van der Waals surface area (Å²) >= 11 is 0. The summed E-state index contributed by atoms with van der Waals surface area (Å²) in [5.41, 5.74) is 9.96. The van der Waals surface area contributed by atoms with Gasteiger partial charge < -0.3 is 5.32 Å². The highest BCUT2D eigenvalue weighted by molar-refractivity contribution is 5.14. The van der Waals surface area contributed by atoms with Crippen LogP contribution in [-0.4, -0.2) is 12.1 Å². The lowest BCUT2D eigenvalue weighted by Crippen LogP contribution is -2.38. The van der Waals surface area contributed by atoms with Gasteiger partial charge in [-0.2, -0.15) is 0 Å². The highest BCUT2D eigenvalue weighted by Crippen LogP contribution is 2.17. The van der Waals surface area contributed by atoms with Crippen LogP contribution in [0.3, 0.4) is 0 Å². The number of nitrogens with one attached hydrogen (secondary N) is 1. The quantitative estimate of drug-likeness (QED) is 0.377. The Hall–Kier alpha value is -1.77. The van der Waals surface area contributed by atoms with E-state index >= 15 is 0 Å². The summed E-state index contributed by atoms with van der Waals surface area (Å²) in [7, 11) is 0. The predicted octanol–water partition coefficient (Wildman–Crippen LogP) is 3.95. The molecule has 0 radical (unpaired) electrons. The number of rotatable bonds is 4. The first-order chi connectivity index (χ1) is 9.40. The lowest BCUT2D eigenvalue weighted by atomic mass is 9.96. The molecule has 0 aliphatic heterocycles. The number of allylic oxidation sites excluding steroid dienone is 2. The van der Waals surface area contributed by atoms with Crippen molar-refractivity contribution in [3.63, 3.8) is 0 Å². The molecule has 2 rings (SSSR count). The van der Waals surface area contributed by atoms with Crippen LogP contribution in [0.15, 0.2) is 47.6 Å². The number of benzene rings is 1. The Morgan fingerprint density at radius 1 is 1.16 bits per heavy atom. The van der Waals surface area contributed by atoms with Gasteiger partial charge in [0.2, 0.25) is 0 Å². The minimum atomic E-state index is 0.0543. The first kappa shape index (κ1) is 13.7. The van der Waals surface area contributed by atoms with Crippen LogP contribution >= 0.6 is 0 Å². The maximum Gasteiger partial charge on any atom is 0.0530 e. The molecule has 0 bridgehead atoms. The van der Waals surface area contributed by atoms with Crippen LogP contribution in [0.1, 0.15) is 31.2 Å². The third-order valence-electron chi connectivity index (χ3n) is 3.52. The second-order valence-corrected chi connectivity index (χ2v) is 4.87. The van der Waals surface area contributed by atoms with Gasteiger partial charge in [0, 0.05) is 17.5 Å². The summed E-state index contributed by atoms with van der Waals surface area (Å²) in [4.78, 5) is 3.00. The zero-order valence-electron chi connectivity index (χ0n) is 11.1. The molecule has 4 heteroatoms. The topological polar surface area (TPSA) is 60.8 Å². The average Bonchev–Trinajstić information content (AvgIpc) is 2.43. The van der Waals surface area contributed by atoms with Crippen molar-refractivity contribution in [1.29, 1.82) is 0 Å². The summed E-state index contributed by atoms with van der Waals surface area (Å²) in [6.45, 7) is 0.826. The minimum Gasteiger partial charge on any atom is -0.310 e. The molecule has 0 saturated heterocycles. The Balaban J connectivity index is 1.97. The zero-order valence-corrected chi connectivity index (χ0v) is 11.1. The van der Waals surface area contributed by atoms with Crippen LogP contribution in [0.5, 0.6) is 0 Å². The van der Waals surface area contributed by atoms with Crippen molar-refractivity contribution in [2.45, 2.75) is 44.3 Å². The molecule has 0 heterocycles. The third-order valence-corrected chi connectivity index (χ3v) is 3.52. The fourth-order valence-corrected chi connectivity index (χ4v) is 2.46. The van der Waals surface area contributed by atoms with Gasteiger partial charge in [-0.25, -0.2) is 0 Å². The smallest absolute Gasteiger partial charge is 0.0530 e. The second-order valence-electron chi connectivity index (χ2n) is 4.87. The van der Waals surface area contributed by atoms with E-state index in [0.717, 1.165) is 32.2 Å². The molecule has 0 unspecified atom stereocenters. The molecule has 1 aliphatic rings. The summed E-state index contributed by atoms with van der Waals surface area (Å²) in [5, 5.41) is 7.50. The maximum atomic E-state index is 8.70. The molecule has 100 valence electrons.